The van der Waals surface area contributed by atoms with Gasteiger partial charge in [-0.3, -0.25) is 0 Å². The molecule has 2 heterocycles. The topological polar surface area (TPSA) is 73.7 Å². The lowest BCUT2D eigenvalue weighted by molar-refractivity contribution is 0.663. The molecule has 0 saturated heterocycles. The minimum atomic E-state index is -0.471. The molecular weight excluding hydrogens is 793 g/mol. The highest BCUT2D eigenvalue weighted by Gasteiger charge is 2.26. The van der Waals surface area contributed by atoms with E-state index in [0.717, 1.165) is 106 Å². The molecule has 306 valence electrons. The Morgan fingerprint density at radius 1 is 0.508 bits per heavy atom. The number of hydrogen-bond donors (Lipinski definition) is 1. The highest BCUT2D eigenvalue weighted by atomic mass is 16.3. The molecular formula is C60H40N4O. The zero-order valence-electron chi connectivity index (χ0n) is 35.3. The Hall–Kier alpha value is -8.85. The first-order valence-electron chi connectivity index (χ1n) is 21.7. The van der Waals surface area contributed by atoms with Gasteiger partial charge in [-0.25, -0.2) is 9.98 Å². The number of fused-ring (bicyclic) bond motifs is 3. The van der Waals surface area contributed by atoms with Gasteiger partial charge < -0.3 is 9.73 Å². The molecule has 9 aromatic carbocycles. The maximum atomic E-state index is 9.36. The monoisotopic (exact) mass is 832 g/mol. The first kappa shape index (κ1) is 39.0. The zero-order chi connectivity index (χ0) is 43.7. The first-order chi connectivity index (χ1) is 32.1. The van der Waals surface area contributed by atoms with E-state index in [-0.39, 0.29) is 0 Å². The molecule has 10 aromatic rings. The van der Waals surface area contributed by atoms with E-state index in [1.54, 1.807) is 0 Å². The lowest BCUT2D eigenvalue weighted by Crippen LogP contribution is -2.33. The Morgan fingerprint density at radius 2 is 1.02 bits per heavy atom. The smallest absolute Gasteiger partial charge is 0.159 e. The molecule has 1 aromatic heterocycles. The van der Waals surface area contributed by atoms with Gasteiger partial charge in [0.05, 0.1) is 11.6 Å². The predicted octanol–water partition coefficient (Wildman–Crippen LogP) is 14.9. The highest BCUT2D eigenvalue weighted by molar-refractivity contribution is 6.15. The van der Waals surface area contributed by atoms with Crippen LogP contribution in [0.15, 0.2) is 233 Å². The van der Waals surface area contributed by atoms with Gasteiger partial charge in [0.15, 0.2) is 5.84 Å². The van der Waals surface area contributed by atoms with Gasteiger partial charge in [0.2, 0.25) is 0 Å². The minimum Gasteiger partial charge on any atom is -0.455 e. The Kier molecular flexibility index (Phi) is 10.1. The number of aliphatic imine (C=N–C) groups is 2. The van der Waals surface area contributed by atoms with Crippen LogP contribution in [0.3, 0.4) is 0 Å². The van der Waals surface area contributed by atoms with Gasteiger partial charge in [-0.2, -0.15) is 5.26 Å². The first-order valence-corrected chi connectivity index (χ1v) is 21.7. The van der Waals surface area contributed by atoms with Crippen molar-refractivity contribution in [2.75, 3.05) is 0 Å². The average Bonchev–Trinajstić information content (AvgIpc) is 3.78. The number of benzene rings is 9. The van der Waals surface area contributed by atoms with Crippen molar-refractivity contribution in [3.05, 3.63) is 247 Å². The Morgan fingerprint density at radius 3 is 1.60 bits per heavy atom. The molecule has 5 heteroatoms. The molecule has 0 amide bonds. The SMILES string of the molecule is C=Cc1ccc(-c2ccc(-c3cc(-c4ccc(-c5ccc(C#N)cc5)cc4)c4oc5cccc(C6N=C(c7ccccc7)N=C(c7ccc(-c8ccccc8)cc7)N6)c5c4c3)cc2)cc1. The highest BCUT2D eigenvalue weighted by Crippen LogP contribution is 2.43. The molecule has 1 N–H and O–H groups in total. The molecule has 0 saturated carbocycles. The van der Waals surface area contributed by atoms with Gasteiger partial charge >= 0.3 is 0 Å². The van der Waals surface area contributed by atoms with Crippen molar-refractivity contribution in [3.8, 4) is 61.7 Å². The van der Waals surface area contributed by atoms with Crippen molar-refractivity contribution in [1.82, 2.24) is 5.32 Å². The van der Waals surface area contributed by atoms with Crippen LogP contribution in [0.5, 0.6) is 0 Å². The largest absolute Gasteiger partial charge is 0.455 e. The summed E-state index contributed by atoms with van der Waals surface area (Å²) in [6.07, 6.45) is 1.39. The fourth-order valence-electron chi connectivity index (χ4n) is 8.73. The van der Waals surface area contributed by atoms with Crippen LogP contribution >= 0.6 is 0 Å². The Labute approximate surface area is 377 Å². The summed E-state index contributed by atoms with van der Waals surface area (Å²) in [5.41, 5.74) is 17.1. The maximum Gasteiger partial charge on any atom is 0.159 e. The van der Waals surface area contributed by atoms with E-state index in [9.17, 15) is 5.26 Å². The molecule has 0 aliphatic carbocycles. The standard InChI is InChI=1S/C60H40N4O/c1-2-39-16-20-42(21-17-39)45-24-26-47(27-25-45)51-36-53(48-32-28-46(29-33-48)43-22-18-40(38-61)19-23-43)57-54(37-51)56-52(14-9-15-55(56)65-57)60-63-58(49-12-7-4-8-13-49)62-59(64-60)50-34-30-44(31-35-50)41-10-5-3-6-11-41/h2-37,60H,1H2,(H,62,63,64). The number of rotatable bonds is 9. The molecule has 1 atom stereocenters. The summed E-state index contributed by atoms with van der Waals surface area (Å²) in [5.74, 6) is 1.40. The van der Waals surface area contributed by atoms with Crippen LogP contribution in [-0.2, 0) is 0 Å². The molecule has 0 fully saturated rings. The van der Waals surface area contributed by atoms with Gasteiger partial charge in [0.1, 0.15) is 23.2 Å². The number of nitriles is 1. The molecule has 1 unspecified atom stereocenters. The van der Waals surface area contributed by atoms with Crippen LogP contribution in [0, 0.1) is 11.3 Å². The van der Waals surface area contributed by atoms with E-state index < -0.39 is 6.17 Å². The second-order valence-electron chi connectivity index (χ2n) is 16.2. The molecule has 0 radical (unpaired) electrons. The van der Waals surface area contributed by atoms with Crippen LogP contribution in [0.25, 0.3) is 83.6 Å². The fraction of sp³-hybridized carbons (Fsp3) is 0.0167. The Bertz CT molecular complexity index is 3470. The molecule has 1 aliphatic rings. The third-order valence-corrected chi connectivity index (χ3v) is 12.2. The van der Waals surface area contributed by atoms with Crippen molar-refractivity contribution in [2.24, 2.45) is 9.98 Å². The number of amidine groups is 2. The van der Waals surface area contributed by atoms with Crippen molar-refractivity contribution in [3.63, 3.8) is 0 Å². The molecule has 11 rings (SSSR count). The van der Waals surface area contributed by atoms with Crippen LogP contribution in [0.1, 0.15) is 34.0 Å². The van der Waals surface area contributed by atoms with Crippen molar-refractivity contribution in [1.29, 1.82) is 5.26 Å². The average molecular weight is 833 g/mol. The van der Waals surface area contributed by atoms with Crippen molar-refractivity contribution < 1.29 is 4.42 Å². The van der Waals surface area contributed by atoms with Crippen LogP contribution in [-0.4, -0.2) is 11.7 Å². The molecule has 0 spiro atoms. The second kappa shape index (κ2) is 16.8. The minimum absolute atomic E-state index is 0.471. The summed E-state index contributed by atoms with van der Waals surface area (Å²) in [5, 5.41) is 15.1. The van der Waals surface area contributed by atoms with Gasteiger partial charge in [0, 0.05) is 33.0 Å². The van der Waals surface area contributed by atoms with E-state index in [0.29, 0.717) is 11.4 Å². The van der Waals surface area contributed by atoms with Gasteiger partial charge in [-0.15, -0.1) is 0 Å². The summed E-state index contributed by atoms with van der Waals surface area (Å²) in [6, 6.07) is 75.6. The van der Waals surface area contributed by atoms with Gasteiger partial charge in [-0.05, 0) is 86.0 Å². The summed E-state index contributed by atoms with van der Waals surface area (Å²) >= 11 is 0. The van der Waals surface area contributed by atoms with Crippen molar-refractivity contribution >= 4 is 39.7 Å². The summed E-state index contributed by atoms with van der Waals surface area (Å²) in [4.78, 5) is 10.4. The lowest BCUT2D eigenvalue weighted by Gasteiger charge is -2.24. The maximum absolute atomic E-state index is 9.36. The molecule has 1 aliphatic heterocycles. The number of nitrogens with one attached hydrogen (secondary N) is 1. The predicted molar refractivity (Wildman–Crippen MR) is 268 cm³/mol. The van der Waals surface area contributed by atoms with Crippen molar-refractivity contribution in [2.45, 2.75) is 6.17 Å². The summed E-state index contributed by atoms with van der Waals surface area (Å²) < 4.78 is 6.93. The molecule has 65 heavy (non-hydrogen) atoms. The molecule has 5 nitrogen and oxygen atoms in total. The van der Waals surface area contributed by atoms with Gasteiger partial charge in [0.25, 0.3) is 0 Å². The second-order valence-corrected chi connectivity index (χ2v) is 16.2. The number of hydrogen-bond acceptors (Lipinski definition) is 5. The third kappa shape index (κ3) is 7.60. The summed E-state index contributed by atoms with van der Waals surface area (Å²) in [7, 11) is 0. The fourth-order valence-corrected chi connectivity index (χ4v) is 8.73. The van der Waals surface area contributed by atoms with E-state index in [2.05, 4.69) is 170 Å². The Balaban J connectivity index is 1.05. The molecule has 0 bridgehead atoms. The summed E-state index contributed by atoms with van der Waals surface area (Å²) in [6.45, 7) is 3.91. The van der Waals surface area contributed by atoms with Crippen LogP contribution < -0.4 is 5.32 Å². The normalized spacial score (nSPS) is 13.4. The lowest BCUT2D eigenvalue weighted by atomic mass is 9.92. The van der Waals surface area contributed by atoms with E-state index in [1.165, 1.54) is 0 Å². The van der Waals surface area contributed by atoms with Gasteiger partial charge in [-0.1, -0.05) is 195 Å². The third-order valence-electron chi connectivity index (χ3n) is 12.2. The zero-order valence-corrected chi connectivity index (χ0v) is 35.3. The van der Waals surface area contributed by atoms with E-state index in [1.807, 2.05) is 66.7 Å². The van der Waals surface area contributed by atoms with E-state index in [4.69, 9.17) is 14.4 Å². The van der Waals surface area contributed by atoms with E-state index >= 15 is 0 Å². The van der Waals surface area contributed by atoms with Crippen LogP contribution in [0.2, 0.25) is 0 Å². The number of nitrogens with zero attached hydrogens (tertiary/aromatic N) is 3. The quantitative estimate of drug-likeness (QED) is 0.157. The number of furan rings is 1. The van der Waals surface area contributed by atoms with Crippen LogP contribution in [0.4, 0.5) is 0 Å².